The Kier molecular flexibility index (Phi) is 6.33. The molecule has 2 N–H and O–H groups in total. The number of sulfonamides is 1. The molecule has 1 aliphatic heterocycles. The highest BCUT2D eigenvalue weighted by atomic mass is 32.2. The summed E-state index contributed by atoms with van der Waals surface area (Å²) in [4.78, 5) is 23.4. The van der Waals surface area contributed by atoms with Crippen LogP contribution in [0.25, 0.3) is 0 Å². The van der Waals surface area contributed by atoms with Gasteiger partial charge in [0.15, 0.2) is 0 Å². The summed E-state index contributed by atoms with van der Waals surface area (Å²) in [6, 6.07) is 7.45. The maximum Gasteiger partial charge on any atom is 0.243 e. The summed E-state index contributed by atoms with van der Waals surface area (Å²) in [5.41, 5.74) is 0. The Morgan fingerprint density at radius 3 is 2.46 bits per heavy atom. The van der Waals surface area contributed by atoms with E-state index in [0.717, 1.165) is 12.8 Å². The topological polar surface area (TPSA) is 95.6 Å². The molecule has 2 rings (SSSR count). The highest BCUT2D eigenvalue weighted by Gasteiger charge is 2.37. The van der Waals surface area contributed by atoms with Crippen LogP contribution in [0.2, 0.25) is 0 Å². The van der Waals surface area contributed by atoms with E-state index in [-0.39, 0.29) is 23.3 Å². The van der Waals surface area contributed by atoms with E-state index in [1.165, 1.54) is 23.4 Å². The largest absolute Gasteiger partial charge is 0.355 e. The lowest BCUT2D eigenvalue weighted by atomic mass is 10.0. The summed E-state index contributed by atoms with van der Waals surface area (Å²) in [6.07, 6.45) is 2.05. The van der Waals surface area contributed by atoms with Crippen molar-refractivity contribution in [2.75, 3.05) is 19.6 Å². The molecule has 8 heteroatoms. The Hall–Kier alpha value is -1.93. The second-order valence-electron chi connectivity index (χ2n) is 5.71. The third kappa shape index (κ3) is 4.55. The van der Waals surface area contributed by atoms with E-state index in [4.69, 9.17) is 0 Å². The van der Waals surface area contributed by atoms with Gasteiger partial charge in [-0.2, -0.15) is 4.31 Å². The van der Waals surface area contributed by atoms with Crippen LogP contribution >= 0.6 is 0 Å². The SMILES string of the molecule is CC(=O)NCCNC(=O)[C@@H]1CCCCN1S(=O)(=O)c1ccccc1. The van der Waals surface area contributed by atoms with Gasteiger partial charge in [0.2, 0.25) is 21.8 Å². The molecule has 0 aliphatic carbocycles. The van der Waals surface area contributed by atoms with Crippen molar-refractivity contribution in [3.63, 3.8) is 0 Å². The molecule has 0 unspecified atom stereocenters. The fourth-order valence-electron chi connectivity index (χ4n) is 2.72. The molecule has 24 heavy (non-hydrogen) atoms. The zero-order valence-electron chi connectivity index (χ0n) is 13.7. The van der Waals surface area contributed by atoms with Gasteiger partial charge < -0.3 is 10.6 Å². The first-order valence-corrected chi connectivity index (χ1v) is 9.46. The Morgan fingerprint density at radius 2 is 1.79 bits per heavy atom. The molecule has 1 aromatic carbocycles. The standard InChI is InChI=1S/C16H23N3O4S/c1-13(20)17-10-11-18-16(21)15-9-5-6-12-19(15)24(22,23)14-7-3-2-4-8-14/h2-4,7-8,15H,5-6,9-12H2,1H3,(H,17,20)(H,18,21)/t15-/m0/s1. The average Bonchev–Trinajstić information content (AvgIpc) is 2.59. The van der Waals surface area contributed by atoms with Gasteiger partial charge in [-0.05, 0) is 25.0 Å². The van der Waals surface area contributed by atoms with Gasteiger partial charge in [0.05, 0.1) is 4.90 Å². The molecule has 0 aromatic heterocycles. The average molecular weight is 353 g/mol. The highest BCUT2D eigenvalue weighted by molar-refractivity contribution is 7.89. The summed E-state index contributed by atoms with van der Waals surface area (Å²) < 4.78 is 26.9. The van der Waals surface area contributed by atoms with Crippen molar-refractivity contribution in [2.24, 2.45) is 0 Å². The third-order valence-corrected chi connectivity index (χ3v) is 5.83. The highest BCUT2D eigenvalue weighted by Crippen LogP contribution is 2.25. The van der Waals surface area contributed by atoms with Gasteiger partial charge >= 0.3 is 0 Å². The Balaban J connectivity index is 2.07. The molecule has 0 bridgehead atoms. The van der Waals surface area contributed by atoms with Crippen LogP contribution < -0.4 is 10.6 Å². The maximum atomic E-state index is 12.8. The summed E-state index contributed by atoms with van der Waals surface area (Å²) in [5.74, 6) is -0.491. The van der Waals surface area contributed by atoms with Crippen molar-refractivity contribution in [2.45, 2.75) is 37.1 Å². The molecular weight excluding hydrogens is 330 g/mol. The molecule has 0 radical (unpaired) electrons. The number of benzene rings is 1. The molecule has 1 atom stereocenters. The van der Waals surface area contributed by atoms with Crippen molar-refractivity contribution in [1.29, 1.82) is 0 Å². The van der Waals surface area contributed by atoms with Gasteiger partial charge in [-0.1, -0.05) is 24.6 Å². The van der Waals surface area contributed by atoms with E-state index in [2.05, 4.69) is 10.6 Å². The first-order valence-electron chi connectivity index (χ1n) is 8.02. The molecule has 1 aromatic rings. The van der Waals surface area contributed by atoms with Crippen LogP contribution in [0.15, 0.2) is 35.2 Å². The van der Waals surface area contributed by atoms with Crippen molar-refractivity contribution >= 4 is 21.8 Å². The Bertz CT molecular complexity index is 676. The molecule has 1 heterocycles. The zero-order chi connectivity index (χ0) is 17.6. The predicted octanol–water partition coefficient (Wildman–Crippen LogP) is 0.482. The van der Waals surface area contributed by atoms with Crippen LogP contribution in [0, 0.1) is 0 Å². The van der Waals surface area contributed by atoms with Gasteiger partial charge in [0.25, 0.3) is 0 Å². The number of rotatable bonds is 6. The first kappa shape index (κ1) is 18.4. The molecular formula is C16H23N3O4S. The van der Waals surface area contributed by atoms with E-state index in [1.807, 2.05) is 0 Å². The number of nitrogens with zero attached hydrogens (tertiary/aromatic N) is 1. The van der Waals surface area contributed by atoms with Gasteiger partial charge in [-0.3, -0.25) is 9.59 Å². The minimum absolute atomic E-state index is 0.171. The Labute approximate surface area is 142 Å². The van der Waals surface area contributed by atoms with E-state index in [0.29, 0.717) is 19.5 Å². The minimum Gasteiger partial charge on any atom is -0.355 e. The summed E-state index contributed by atoms with van der Waals surface area (Å²) in [6.45, 7) is 2.32. The van der Waals surface area contributed by atoms with Crippen LogP contribution in [0.4, 0.5) is 0 Å². The molecule has 7 nitrogen and oxygen atoms in total. The first-order chi connectivity index (χ1) is 11.4. The van der Waals surface area contributed by atoms with E-state index in [9.17, 15) is 18.0 Å². The van der Waals surface area contributed by atoms with Gasteiger partial charge in [0.1, 0.15) is 6.04 Å². The molecule has 1 saturated heterocycles. The number of hydrogen-bond acceptors (Lipinski definition) is 4. The smallest absolute Gasteiger partial charge is 0.243 e. The summed E-state index contributed by atoms with van der Waals surface area (Å²) in [7, 11) is -3.70. The number of piperidine rings is 1. The second kappa shape index (κ2) is 8.25. The van der Waals surface area contributed by atoms with Crippen LogP contribution in [-0.2, 0) is 19.6 Å². The number of hydrogen-bond donors (Lipinski definition) is 2. The number of amides is 2. The Morgan fingerprint density at radius 1 is 1.12 bits per heavy atom. The number of carbonyl (C=O) groups is 2. The second-order valence-corrected chi connectivity index (χ2v) is 7.60. The molecule has 0 spiro atoms. The zero-order valence-corrected chi connectivity index (χ0v) is 14.5. The van der Waals surface area contributed by atoms with Crippen LogP contribution in [0.1, 0.15) is 26.2 Å². The lowest BCUT2D eigenvalue weighted by Gasteiger charge is -2.33. The van der Waals surface area contributed by atoms with E-state index >= 15 is 0 Å². The van der Waals surface area contributed by atoms with Crippen molar-refractivity contribution in [1.82, 2.24) is 14.9 Å². The van der Waals surface area contributed by atoms with Gasteiger partial charge in [-0.25, -0.2) is 8.42 Å². The van der Waals surface area contributed by atoms with E-state index in [1.54, 1.807) is 18.2 Å². The van der Waals surface area contributed by atoms with Gasteiger partial charge in [0, 0.05) is 26.6 Å². The van der Waals surface area contributed by atoms with Crippen molar-refractivity contribution in [3.8, 4) is 0 Å². The molecule has 132 valence electrons. The number of carbonyl (C=O) groups excluding carboxylic acids is 2. The fraction of sp³-hybridized carbons (Fsp3) is 0.500. The molecule has 2 amide bonds. The monoisotopic (exact) mass is 353 g/mol. The minimum atomic E-state index is -3.70. The van der Waals surface area contributed by atoms with Crippen LogP contribution in [0.3, 0.4) is 0 Å². The normalized spacial score (nSPS) is 18.8. The predicted molar refractivity (Wildman–Crippen MR) is 89.7 cm³/mol. The maximum absolute atomic E-state index is 12.8. The van der Waals surface area contributed by atoms with Crippen LogP contribution in [-0.4, -0.2) is 50.2 Å². The van der Waals surface area contributed by atoms with Crippen molar-refractivity contribution < 1.29 is 18.0 Å². The third-order valence-electron chi connectivity index (χ3n) is 3.90. The summed E-state index contributed by atoms with van der Waals surface area (Å²) in [5, 5.41) is 5.29. The van der Waals surface area contributed by atoms with Gasteiger partial charge in [-0.15, -0.1) is 0 Å². The molecule has 0 saturated carbocycles. The van der Waals surface area contributed by atoms with Crippen molar-refractivity contribution in [3.05, 3.63) is 30.3 Å². The molecule has 1 fully saturated rings. The van der Waals surface area contributed by atoms with Crippen LogP contribution in [0.5, 0.6) is 0 Å². The molecule has 1 aliphatic rings. The lowest BCUT2D eigenvalue weighted by Crippen LogP contribution is -2.52. The number of nitrogens with one attached hydrogen (secondary N) is 2. The quantitative estimate of drug-likeness (QED) is 0.727. The summed E-state index contributed by atoms with van der Waals surface area (Å²) >= 11 is 0. The lowest BCUT2D eigenvalue weighted by molar-refractivity contribution is -0.126. The fourth-order valence-corrected chi connectivity index (χ4v) is 4.40. The van der Waals surface area contributed by atoms with E-state index < -0.39 is 16.1 Å².